The Morgan fingerprint density at radius 3 is 2.50 bits per heavy atom. The maximum atomic E-state index is 12.7. The normalized spacial score (nSPS) is 14.6. The molecule has 7 heteroatoms. The predicted octanol–water partition coefficient (Wildman–Crippen LogP) is 5.70. The highest BCUT2D eigenvalue weighted by Crippen LogP contribution is 2.38. The van der Waals surface area contributed by atoms with Gasteiger partial charge in [-0.3, -0.25) is 4.79 Å². The molecular weight excluding hydrogens is 500 g/mol. The van der Waals surface area contributed by atoms with Crippen molar-refractivity contribution < 1.29 is 15.0 Å². The Balaban J connectivity index is 1.14. The van der Waals surface area contributed by atoms with Crippen LogP contribution in [-0.2, 0) is 19.6 Å². The highest BCUT2D eigenvalue weighted by molar-refractivity contribution is 6.01. The van der Waals surface area contributed by atoms with Gasteiger partial charge in [-0.2, -0.15) is 0 Å². The maximum absolute atomic E-state index is 12.7. The van der Waals surface area contributed by atoms with Crippen molar-refractivity contribution in [3.8, 4) is 11.5 Å². The fraction of sp³-hybridized carbons (Fsp3) is 0.121. The van der Waals surface area contributed by atoms with E-state index in [0.717, 1.165) is 45.3 Å². The number of nitrogens with zero attached hydrogens (tertiary/aromatic N) is 1. The number of fused-ring (bicyclic) bond motifs is 3. The van der Waals surface area contributed by atoms with Crippen LogP contribution in [0, 0.1) is 0 Å². The average Bonchev–Trinajstić information content (AvgIpc) is 3.62. The zero-order valence-corrected chi connectivity index (χ0v) is 21.7. The number of benzene rings is 4. The number of amides is 1. The van der Waals surface area contributed by atoms with Gasteiger partial charge in [0.2, 0.25) is 0 Å². The molecule has 198 valence electrons. The molecule has 7 rings (SSSR count). The monoisotopic (exact) mass is 528 g/mol. The van der Waals surface area contributed by atoms with Gasteiger partial charge < -0.3 is 30.4 Å². The second kappa shape index (κ2) is 9.63. The summed E-state index contributed by atoms with van der Waals surface area (Å²) < 4.78 is 2.22. The van der Waals surface area contributed by atoms with Gasteiger partial charge in [0.25, 0.3) is 5.91 Å². The second-order valence-corrected chi connectivity index (χ2v) is 10.3. The van der Waals surface area contributed by atoms with Crippen LogP contribution in [0.1, 0.15) is 44.3 Å². The number of rotatable bonds is 7. The summed E-state index contributed by atoms with van der Waals surface area (Å²) in [6.45, 7) is 1.98. The molecule has 1 atom stereocenters. The van der Waals surface area contributed by atoms with Crippen LogP contribution in [-0.4, -0.2) is 25.7 Å². The number of aromatic hydroxyl groups is 2. The number of para-hydroxylation sites is 1. The highest BCUT2D eigenvalue weighted by Gasteiger charge is 2.33. The quantitative estimate of drug-likeness (QED) is 0.183. The fourth-order valence-corrected chi connectivity index (χ4v) is 5.81. The second-order valence-electron chi connectivity index (χ2n) is 10.3. The summed E-state index contributed by atoms with van der Waals surface area (Å²) in [5.41, 5.74) is 7.85. The van der Waals surface area contributed by atoms with E-state index in [1.165, 1.54) is 10.9 Å². The third-order valence-corrected chi connectivity index (χ3v) is 7.74. The Hall–Kier alpha value is -5.01. The summed E-state index contributed by atoms with van der Waals surface area (Å²) in [6.07, 6.45) is 2.09. The molecule has 5 N–H and O–H groups in total. The van der Waals surface area contributed by atoms with Gasteiger partial charge in [0.05, 0.1) is 6.04 Å². The number of carbonyl (C=O) groups is 1. The first-order valence-corrected chi connectivity index (χ1v) is 13.3. The topological polar surface area (TPSA) is 102 Å². The lowest BCUT2D eigenvalue weighted by atomic mass is 9.95. The lowest BCUT2D eigenvalue weighted by Crippen LogP contribution is -2.22. The molecule has 3 heterocycles. The number of aromatic amines is 1. The van der Waals surface area contributed by atoms with E-state index in [4.69, 9.17) is 0 Å². The van der Waals surface area contributed by atoms with Crippen molar-refractivity contribution in [3.05, 3.63) is 131 Å². The molecule has 0 spiro atoms. The van der Waals surface area contributed by atoms with E-state index in [9.17, 15) is 15.0 Å². The zero-order valence-electron chi connectivity index (χ0n) is 21.7. The van der Waals surface area contributed by atoms with Crippen molar-refractivity contribution in [1.29, 1.82) is 0 Å². The predicted molar refractivity (Wildman–Crippen MR) is 155 cm³/mol. The average molecular weight is 529 g/mol. The smallest absolute Gasteiger partial charge is 0.252 e. The number of carbonyl (C=O) groups excluding carboxylic acids is 1. The molecule has 7 nitrogen and oxygen atoms in total. The summed E-state index contributed by atoms with van der Waals surface area (Å²) in [5, 5.41) is 28.7. The zero-order chi connectivity index (χ0) is 27.2. The summed E-state index contributed by atoms with van der Waals surface area (Å²) in [4.78, 5) is 16.3. The molecule has 1 amide bonds. The molecule has 40 heavy (non-hydrogen) atoms. The lowest BCUT2D eigenvalue weighted by molar-refractivity contribution is 0.0960. The van der Waals surface area contributed by atoms with Gasteiger partial charge in [-0.25, -0.2) is 0 Å². The summed E-state index contributed by atoms with van der Waals surface area (Å²) in [6, 6.07) is 28.6. The van der Waals surface area contributed by atoms with Crippen molar-refractivity contribution in [3.63, 3.8) is 0 Å². The number of nitrogens with one attached hydrogen (secondary N) is 3. The molecular formula is C33H28N4O3. The fourth-order valence-electron chi connectivity index (χ4n) is 5.81. The minimum atomic E-state index is -0.345. The van der Waals surface area contributed by atoms with Crippen molar-refractivity contribution in [2.24, 2.45) is 0 Å². The van der Waals surface area contributed by atoms with Crippen LogP contribution in [0.15, 0.2) is 97.2 Å². The Morgan fingerprint density at radius 1 is 0.825 bits per heavy atom. The van der Waals surface area contributed by atoms with Crippen molar-refractivity contribution >= 4 is 27.7 Å². The van der Waals surface area contributed by atoms with E-state index in [2.05, 4.69) is 56.7 Å². The molecule has 0 radical (unpaired) electrons. The van der Waals surface area contributed by atoms with Gasteiger partial charge >= 0.3 is 0 Å². The van der Waals surface area contributed by atoms with Gasteiger partial charge in [0.1, 0.15) is 11.5 Å². The molecule has 0 aliphatic carbocycles. The van der Waals surface area contributed by atoms with Crippen molar-refractivity contribution in [2.75, 3.05) is 0 Å². The molecule has 6 aromatic rings. The molecule has 0 fully saturated rings. The first kappa shape index (κ1) is 24.1. The number of aromatic nitrogens is 2. The van der Waals surface area contributed by atoms with E-state index in [1.807, 2.05) is 30.3 Å². The Bertz CT molecular complexity index is 1880. The third kappa shape index (κ3) is 4.26. The Kier molecular flexibility index (Phi) is 5.79. The summed E-state index contributed by atoms with van der Waals surface area (Å²) in [7, 11) is 0. The molecule has 0 bridgehead atoms. The first-order chi connectivity index (χ1) is 19.5. The van der Waals surface area contributed by atoms with E-state index in [1.54, 1.807) is 30.3 Å². The van der Waals surface area contributed by atoms with Crippen molar-refractivity contribution in [2.45, 2.75) is 25.7 Å². The van der Waals surface area contributed by atoms with E-state index >= 15 is 0 Å². The van der Waals surface area contributed by atoms with E-state index in [-0.39, 0.29) is 23.4 Å². The molecule has 1 unspecified atom stereocenters. The van der Waals surface area contributed by atoms with Crippen LogP contribution >= 0.6 is 0 Å². The van der Waals surface area contributed by atoms with Gasteiger partial charge in [0.15, 0.2) is 0 Å². The standard InChI is InChI=1S/C33H28N4O3/c38-23-9-6-20(7-10-23)19-37-14-13-22-8-5-21(15-30(22)37)17-34-18-29-31(26-3-1-2-4-28(26)35-29)32-27-16-24(39)11-12-25(27)33(40)36-32/h1-16,32,34-35,38-39H,17-19H2,(H,36,40). The van der Waals surface area contributed by atoms with Gasteiger partial charge in [-0.1, -0.05) is 42.5 Å². The SMILES string of the molecule is O=C1NC(c2c(CNCc3ccc4ccn(Cc5ccc(O)cc5)c4c3)[nH]c3ccccc23)c2cc(O)ccc21. The van der Waals surface area contributed by atoms with E-state index < -0.39 is 0 Å². The van der Waals surface area contributed by atoms with Crippen LogP contribution in [0.3, 0.4) is 0 Å². The van der Waals surface area contributed by atoms with Gasteiger partial charge in [-0.15, -0.1) is 0 Å². The number of hydrogen-bond donors (Lipinski definition) is 5. The van der Waals surface area contributed by atoms with E-state index in [0.29, 0.717) is 18.7 Å². The van der Waals surface area contributed by atoms with Crippen LogP contribution < -0.4 is 10.6 Å². The minimum Gasteiger partial charge on any atom is -0.508 e. The van der Waals surface area contributed by atoms with Crippen LogP contribution in [0.4, 0.5) is 0 Å². The molecule has 0 saturated heterocycles. The minimum absolute atomic E-state index is 0.132. The van der Waals surface area contributed by atoms with Crippen LogP contribution in [0.2, 0.25) is 0 Å². The van der Waals surface area contributed by atoms with Crippen molar-refractivity contribution in [1.82, 2.24) is 20.2 Å². The lowest BCUT2D eigenvalue weighted by Gasteiger charge is -2.15. The van der Waals surface area contributed by atoms with Crippen LogP contribution in [0.5, 0.6) is 11.5 Å². The van der Waals surface area contributed by atoms with Crippen LogP contribution in [0.25, 0.3) is 21.8 Å². The summed E-state index contributed by atoms with van der Waals surface area (Å²) >= 11 is 0. The number of H-pyrrole nitrogens is 1. The molecule has 1 aliphatic heterocycles. The Labute approximate surface area is 230 Å². The molecule has 1 aliphatic rings. The number of phenols is 2. The Morgan fingerprint density at radius 2 is 1.62 bits per heavy atom. The highest BCUT2D eigenvalue weighted by atomic mass is 16.3. The van der Waals surface area contributed by atoms with Gasteiger partial charge in [0, 0.05) is 59.1 Å². The molecule has 4 aromatic carbocycles. The van der Waals surface area contributed by atoms with Gasteiger partial charge in [-0.05, 0) is 70.6 Å². The molecule has 2 aromatic heterocycles. The maximum Gasteiger partial charge on any atom is 0.252 e. The number of phenolic OH excluding ortho intramolecular Hbond substituents is 2. The third-order valence-electron chi connectivity index (χ3n) is 7.74. The number of hydrogen-bond acceptors (Lipinski definition) is 4. The first-order valence-electron chi connectivity index (χ1n) is 13.3. The largest absolute Gasteiger partial charge is 0.508 e. The molecule has 0 saturated carbocycles. The summed E-state index contributed by atoms with van der Waals surface area (Å²) in [5.74, 6) is 0.281.